The van der Waals surface area contributed by atoms with E-state index in [0.717, 1.165) is 21.7 Å². The van der Waals surface area contributed by atoms with Gasteiger partial charge < -0.3 is 0 Å². The smallest absolute Gasteiger partial charge is 0.214 e. The number of aromatic nitrogens is 4. The predicted molar refractivity (Wildman–Crippen MR) is 89.0 cm³/mol. The second-order valence-corrected chi connectivity index (χ2v) is 6.04. The highest BCUT2D eigenvalue weighted by Crippen LogP contribution is 2.31. The molecular formula is C17H11N5S. The summed E-state index contributed by atoms with van der Waals surface area (Å²) >= 11 is 1.48. The molecule has 0 saturated carbocycles. The molecule has 0 saturated heterocycles. The van der Waals surface area contributed by atoms with E-state index in [-0.39, 0.29) is 0 Å². The molecule has 3 heterocycles. The lowest BCUT2D eigenvalue weighted by molar-refractivity contribution is 0.959. The van der Waals surface area contributed by atoms with E-state index in [1.54, 1.807) is 16.9 Å². The zero-order valence-corrected chi connectivity index (χ0v) is 13.1. The van der Waals surface area contributed by atoms with Crippen LogP contribution in [-0.2, 0) is 0 Å². The number of benzene rings is 1. The maximum Gasteiger partial charge on any atom is 0.214 e. The quantitative estimate of drug-likeness (QED) is 0.565. The lowest BCUT2D eigenvalue weighted by Gasteiger charge is -2.00. The number of hydrogen-bond donors (Lipinski definition) is 0. The molecule has 0 radical (unpaired) electrons. The first-order valence-electron chi connectivity index (χ1n) is 7.04. The Morgan fingerprint density at radius 3 is 2.78 bits per heavy atom. The van der Waals surface area contributed by atoms with Crippen LogP contribution in [0, 0.1) is 18.3 Å². The second kappa shape index (κ2) is 5.30. The van der Waals surface area contributed by atoms with E-state index < -0.39 is 0 Å². The van der Waals surface area contributed by atoms with Gasteiger partial charge in [0.15, 0.2) is 5.69 Å². The van der Waals surface area contributed by atoms with Crippen LogP contribution in [0.5, 0.6) is 0 Å². The molecule has 1 aromatic carbocycles. The Hall–Kier alpha value is -3.04. The number of aryl methyl sites for hydroxylation is 1. The number of hydrogen-bond acceptors (Lipinski definition) is 5. The van der Waals surface area contributed by atoms with Gasteiger partial charge in [-0.1, -0.05) is 35.6 Å². The number of pyridine rings is 1. The van der Waals surface area contributed by atoms with Crippen molar-refractivity contribution in [1.29, 1.82) is 5.26 Å². The van der Waals surface area contributed by atoms with E-state index in [9.17, 15) is 5.26 Å². The number of fused-ring (bicyclic) bond motifs is 1. The Morgan fingerprint density at radius 2 is 2.04 bits per heavy atom. The summed E-state index contributed by atoms with van der Waals surface area (Å²) in [6.07, 6.45) is 3.40. The molecule has 0 fully saturated rings. The Bertz CT molecular complexity index is 1040. The molecule has 4 aromatic rings. The van der Waals surface area contributed by atoms with Crippen molar-refractivity contribution in [3.8, 4) is 27.9 Å². The third kappa shape index (κ3) is 2.18. The van der Waals surface area contributed by atoms with Crippen molar-refractivity contribution in [3.63, 3.8) is 0 Å². The Labute approximate surface area is 136 Å². The molecule has 0 spiro atoms. The van der Waals surface area contributed by atoms with Crippen LogP contribution in [0.1, 0.15) is 11.3 Å². The lowest BCUT2D eigenvalue weighted by Crippen LogP contribution is -1.92. The molecule has 3 aromatic heterocycles. The van der Waals surface area contributed by atoms with Gasteiger partial charge in [-0.05, 0) is 24.6 Å². The van der Waals surface area contributed by atoms with Gasteiger partial charge in [0.25, 0.3) is 0 Å². The average Bonchev–Trinajstić information content (AvgIpc) is 3.13. The number of rotatable bonds is 2. The largest absolute Gasteiger partial charge is 0.264 e. The third-order valence-electron chi connectivity index (χ3n) is 3.62. The summed E-state index contributed by atoms with van der Waals surface area (Å²) in [6, 6.07) is 14.0. The minimum absolute atomic E-state index is 0.434. The SMILES string of the molecule is Cc1ccccc1-c1nn2c(C#N)c(-c3cccnc3)nc2s1. The van der Waals surface area contributed by atoms with Crippen LogP contribution in [0.15, 0.2) is 48.8 Å². The van der Waals surface area contributed by atoms with Gasteiger partial charge in [-0.15, -0.1) is 0 Å². The van der Waals surface area contributed by atoms with E-state index in [1.165, 1.54) is 11.3 Å². The fraction of sp³-hybridized carbons (Fsp3) is 0.0588. The van der Waals surface area contributed by atoms with E-state index in [4.69, 9.17) is 0 Å². The summed E-state index contributed by atoms with van der Waals surface area (Å²) in [5.41, 5.74) is 4.09. The predicted octanol–water partition coefficient (Wildman–Crippen LogP) is 3.70. The third-order valence-corrected chi connectivity index (χ3v) is 4.56. The zero-order valence-electron chi connectivity index (χ0n) is 12.3. The molecule has 0 amide bonds. The van der Waals surface area contributed by atoms with Crippen molar-refractivity contribution in [1.82, 2.24) is 19.6 Å². The summed E-state index contributed by atoms with van der Waals surface area (Å²) in [4.78, 5) is 9.39. The monoisotopic (exact) mass is 317 g/mol. The standard InChI is InChI=1S/C17H11N5S/c1-11-5-2-3-7-13(11)16-21-22-14(9-18)15(20-17(22)23-16)12-6-4-8-19-10-12/h2-8,10H,1H3. The minimum Gasteiger partial charge on any atom is -0.264 e. The van der Waals surface area contributed by atoms with Crippen LogP contribution >= 0.6 is 11.3 Å². The Morgan fingerprint density at radius 1 is 1.17 bits per heavy atom. The van der Waals surface area contributed by atoms with Gasteiger partial charge >= 0.3 is 0 Å². The molecule has 0 aliphatic heterocycles. The van der Waals surface area contributed by atoms with Crippen LogP contribution in [-0.4, -0.2) is 19.6 Å². The fourth-order valence-electron chi connectivity index (χ4n) is 2.47. The maximum atomic E-state index is 9.53. The second-order valence-electron chi connectivity index (χ2n) is 5.08. The van der Waals surface area contributed by atoms with Crippen molar-refractivity contribution in [2.45, 2.75) is 6.92 Å². The molecule has 0 bridgehead atoms. The van der Waals surface area contributed by atoms with Crippen molar-refractivity contribution in [2.24, 2.45) is 0 Å². The maximum absolute atomic E-state index is 9.53. The van der Waals surface area contributed by atoms with Gasteiger partial charge in [0.1, 0.15) is 16.8 Å². The molecule has 5 nitrogen and oxygen atoms in total. The summed E-state index contributed by atoms with van der Waals surface area (Å²) < 4.78 is 1.62. The van der Waals surface area contributed by atoms with Crippen LogP contribution in [0.2, 0.25) is 0 Å². The number of nitriles is 1. The van der Waals surface area contributed by atoms with Crippen LogP contribution in [0.25, 0.3) is 26.8 Å². The number of nitrogens with zero attached hydrogens (tertiary/aromatic N) is 5. The van der Waals surface area contributed by atoms with Crippen molar-refractivity contribution in [3.05, 3.63) is 60.0 Å². The molecule has 23 heavy (non-hydrogen) atoms. The van der Waals surface area contributed by atoms with Crippen LogP contribution < -0.4 is 0 Å². The van der Waals surface area contributed by atoms with Gasteiger partial charge in [0.2, 0.25) is 4.96 Å². The molecule has 0 N–H and O–H groups in total. The topological polar surface area (TPSA) is 66.9 Å². The summed E-state index contributed by atoms with van der Waals surface area (Å²) in [5.74, 6) is 0. The summed E-state index contributed by atoms with van der Waals surface area (Å²) in [6.45, 7) is 2.05. The molecule has 0 atom stereocenters. The molecule has 110 valence electrons. The van der Waals surface area contributed by atoms with Crippen molar-refractivity contribution < 1.29 is 0 Å². The Balaban J connectivity index is 1.91. The minimum atomic E-state index is 0.434. The Kier molecular flexibility index (Phi) is 3.14. The molecule has 0 aliphatic rings. The van der Waals surface area contributed by atoms with Crippen molar-refractivity contribution in [2.75, 3.05) is 0 Å². The first kappa shape index (κ1) is 13.6. The summed E-state index contributed by atoms with van der Waals surface area (Å²) in [7, 11) is 0. The van der Waals surface area contributed by atoms with E-state index in [1.807, 2.05) is 43.3 Å². The van der Waals surface area contributed by atoms with Gasteiger partial charge in [-0.25, -0.2) is 4.98 Å². The van der Waals surface area contributed by atoms with E-state index in [0.29, 0.717) is 16.3 Å². The van der Waals surface area contributed by atoms with Gasteiger partial charge in [0, 0.05) is 23.5 Å². The molecule has 4 rings (SSSR count). The normalized spacial score (nSPS) is 10.8. The highest BCUT2D eigenvalue weighted by atomic mass is 32.1. The van der Waals surface area contributed by atoms with Gasteiger partial charge in [0.05, 0.1) is 0 Å². The molecular weight excluding hydrogens is 306 g/mol. The lowest BCUT2D eigenvalue weighted by atomic mass is 10.1. The molecule has 0 unspecified atom stereocenters. The van der Waals surface area contributed by atoms with E-state index in [2.05, 4.69) is 21.1 Å². The summed E-state index contributed by atoms with van der Waals surface area (Å²) in [5, 5.41) is 15.0. The number of imidazole rings is 1. The van der Waals surface area contributed by atoms with Gasteiger partial charge in [-0.2, -0.15) is 14.9 Å². The van der Waals surface area contributed by atoms with Crippen LogP contribution in [0.4, 0.5) is 0 Å². The van der Waals surface area contributed by atoms with Crippen LogP contribution in [0.3, 0.4) is 0 Å². The van der Waals surface area contributed by atoms with Gasteiger partial charge in [-0.3, -0.25) is 4.98 Å². The molecule has 0 aliphatic carbocycles. The fourth-order valence-corrected chi connectivity index (χ4v) is 3.46. The molecule has 6 heteroatoms. The van der Waals surface area contributed by atoms with Crippen molar-refractivity contribution >= 4 is 16.3 Å². The zero-order chi connectivity index (χ0) is 15.8. The highest BCUT2D eigenvalue weighted by Gasteiger charge is 2.18. The van der Waals surface area contributed by atoms with E-state index >= 15 is 0 Å². The first-order chi connectivity index (χ1) is 11.3. The highest BCUT2D eigenvalue weighted by molar-refractivity contribution is 7.19. The average molecular weight is 317 g/mol. The first-order valence-corrected chi connectivity index (χ1v) is 7.85.